The quantitative estimate of drug-likeness (QED) is 0.326. The van der Waals surface area contributed by atoms with E-state index in [9.17, 15) is 0 Å². The van der Waals surface area contributed by atoms with Gasteiger partial charge in [0.1, 0.15) is 0 Å². The summed E-state index contributed by atoms with van der Waals surface area (Å²) in [5.41, 5.74) is 6.46. The zero-order valence-corrected chi connectivity index (χ0v) is 13.2. The number of hydrogen-bond acceptors (Lipinski definition) is 6. The van der Waals surface area contributed by atoms with Crippen molar-refractivity contribution in [2.24, 2.45) is 0 Å². The van der Waals surface area contributed by atoms with E-state index in [4.69, 9.17) is 24.4 Å². The lowest BCUT2D eigenvalue weighted by Crippen LogP contribution is -2.64. The Morgan fingerprint density at radius 2 is 1.28 bits per heavy atom. The van der Waals surface area contributed by atoms with Crippen molar-refractivity contribution < 1.29 is 0 Å². The smallest absolute Gasteiger partial charge is 0.172 e. The molecule has 2 heterocycles. The van der Waals surface area contributed by atoms with E-state index in [1.807, 2.05) is 10.2 Å². The standard InChI is InChI=1S/C8H16N6S4/c15-7(16)13(11-5-1-3-9-11)14(8(17)18)12-6-2-4-10-12/h9-10H,1-6H2,(H,15,16)(H,17,18). The fourth-order valence-electron chi connectivity index (χ4n) is 1.93. The van der Waals surface area contributed by atoms with Gasteiger partial charge in [0, 0.05) is 26.2 Å². The first-order chi connectivity index (χ1) is 8.61. The third-order valence-electron chi connectivity index (χ3n) is 2.66. The summed E-state index contributed by atoms with van der Waals surface area (Å²) in [5.74, 6) is 0. The Balaban J connectivity index is 2.18. The van der Waals surface area contributed by atoms with Crippen LogP contribution in [0.25, 0.3) is 0 Å². The monoisotopic (exact) mass is 324 g/mol. The van der Waals surface area contributed by atoms with Crippen LogP contribution >= 0.6 is 49.7 Å². The van der Waals surface area contributed by atoms with Gasteiger partial charge in [-0.15, -0.1) is 35.5 Å². The molecule has 0 aliphatic carbocycles. The lowest BCUT2D eigenvalue weighted by molar-refractivity contribution is -0.198. The molecule has 0 bridgehead atoms. The van der Waals surface area contributed by atoms with Crippen LogP contribution in [-0.2, 0) is 0 Å². The Hall–Kier alpha value is 0.320. The van der Waals surface area contributed by atoms with Crippen molar-refractivity contribution in [2.75, 3.05) is 26.2 Å². The first-order valence-corrected chi connectivity index (χ1v) is 7.40. The molecular formula is C8H16N6S4. The number of nitrogens with one attached hydrogen (secondary N) is 2. The maximum absolute atomic E-state index is 5.20. The molecule has 0 unspecified atom stereocenters. The Bertz CT molecular complexity index is 296. The third-order valence-corrected chi connectivity index (χ3v) is 3.35. The van der Waals surface area contributed by atoms with Gasteiger partial charge in [-0.1, -0.05) is 0 Å². The van der Waals surface area contributed by atoms with Crippen LogP contribution in [-0.4, -0.2) is 55.3 Å². The number of thiocarbonyl (C=S) groups is 2. The predicted octanol–water partition coefficient (Wildman–Crippen LogP) is 0.185. The molecule has 2 N–H and O–H groups in total. The first kappa shape index (κ1) is 14.7. The number of hydrogen-bond donors (Lipinski definition) is 4. The highest BCUT2D eigenvalue weighted by molar-refractivity contribution is 8.11. The van der Waals surface area contributed by atoms with Crippen molar-refractivity contribution >= 4 is 58.3 Å². The van der Waals surface area contributed by atoms with Gasteiger partial charge in [0.25, 0.3) is 0 Å². The normalized spacial score (nSPS) is 21.2. The van der Waals surface area contributed by atoms with Gasteiger partial charge in [0.2, 0.25) is 0 Å². The highest BCUT2D eigenvalue weighted by Crippen LogP contribution is 2.16. The minimum Gasteiger partial charge on any atom is -0.235 e. The summed E-state index contributed by atoms with van der Waals surface area (Å²) in [7, 11) is 0. The van der Waals surface area contributed by atoms with Crippen molar-refractivity contribution in [3.05, 3.63) is 0 Å². The van der Waals surface area contributed by atoms with E-state index in [2.05, 4.69) is 36.1 Å². The van der Waals surface area contributed by atoms with Gasteiger partial charge in [-0.05, 0) is 37.3 Å². The number of hydrazine groups is 5. The third kappa shape index (κ3) is 3.25. The molecule has 0 amide bonds. The van der Waals surface area contributed by atoms with E-state index in [0.717, 1.165) is 39.0 Å². The van der Waals surface area contributed by atoms with Gasteiger partial charge in [-0.3, -0.25) is 0 Å². The average Bonchev–Trinajstić information content (AvgIpc) is 2.97. The zero-order chi connectivity index (χ0) is 13.1. The number of rotatable bonds is 2. The molecule has 102 valence electrons. The van der Waals surface area contributed by atoms with E-state index < -0.39 is 0 Å². The predicted molar refractivity (Wildman–Crippen MR) is 85.5 cm³/mol. The minimum absolute atomic E-state index is 0.412. The maximum Gasteiger partial charge on any atom is 0.172 e. The lowest BCUT2D eigenvalue weighted by atomic mass is 10.5. The Labute approximate surface area is 128 Å². The van der Waals surface area contributed by atoms with Gasteiger partial charge < -0.3 is 0 Å². The Morgan fingerprint density at radius 3 is 1.50 bits per heavy atom. The van der Waals surface area contributed by atoms with E-state index in [1.54, 1.807) is 10.2 Å². The maximum atomic E-state index is 5.20. The minimum atomic E-state index is 0.412. The van der Waals surface area contributed by atoms with Crippen LogP contribution in [0.5, 0.6) is 0 Å². The van der Waals surface area contributed by atoms with E-state index in [1.165, 1.54) is 0 Å². The molecule has 0 saturated carbocycles. The molecule has 0 aromatic heterocycles. The number of thiol groups is 2. The van der Waals surface area contributed by atoms with Crippen LogP contribution in [0.3, 0.4) is 0 Å². The molecule has 2 aliphatic rings. The van der Waals surface area contributed by atoms with Gasteiger partial charge in [-0.2, -0.15) is 10.2 Å². The molecule has 6 nitrogen and oxygen atoms in total. The largest absolute Gasteiger partial charge is 0.235 e. The van der Waals surface area contributed by atoms with E-state index in [0.29, 0.717) is 8.64 Å². The van der Waals surface area contributed by atoms with Crippen LogP contribution in [0, 0.1) is 0 Å². The summed E-state index contributed by atoms with van der Waals surface area (Å²) in [4.78, 5) is 0. The molecule has 0 radical (unpaired) electrons. The van der Waals surface area contributed by atoms with Crippen LogP contribution in [0.15, 0.2) is 0 Å². The summed E-state index contributed by atoms with van der Waals surface area (Å²) >= 11 is 19.0. The second-order valence-corrected chi connectivity index (χ2v) is 6.14. The fraction of sp³-hybridized carbons (Fsp3) is 0.750. The molecule has 2 saturated heterocycles. The second kappa shape index (κ2) is 6.66. The van der Waals surface area contributed by atoms with Crippen molar-refractivity contribution in [3.8, 4) is 0 Å². The van der Waals surface area contributed by atoms with Crippen molar-refractivity contribution in [3.63, 3.8) is 0 Å². The first-order valence-electron chi connectivity index (χ1n) is 5.69. The molecule has 0 aromatic rings. The summed E-state index contributed by atoms with van der Waals surface area (Å²) in [6.07, 6.45) is 2.10. The fourth-order valence-corrected chi connectivity index (χ4v) is 2.67. The lowest BCUT2D eigenvalue weighted by Gasteiger charge is -2.43. The molecule has 2 aliphatic heterocycles. The van der Waals surface area contributed by atoms with E-state index >= 15 is 0 Å². The van der Waals surface area contributed by atoms with Gasteiger partial charge in [0.05, 0.1) is 0 Å². The zero-order valence-electron chi connectivity index (χ0n) is 9.74. The van der Waals surface area contributed by atoms with Gasteiger partial charge in [0.15, 0.2) is 8.64 Å². The summed E-state index contributed by atoms with van der Waals surface area (Å²) in [5, 5.41) is 7.24. The molecule has 18 heavy (non-hydrogen) atoms. The van der Waals surface area contributed by atoms with Crippen molar-refractivity contribution in [2.45, 2.75) is 12.8 Å². The van der Waals surface area contributed by atoms with Gasteiger partial charge >= 0.3 is 0 Å². The van der Waals surface area contributed by atoms with Crippen LogP contribution in [0.4, 0.5) is 0 Å². The van der Waals surface area contributed by atoms with Crippen LogP contribution < -0.4 is 10.9 Å². The number of nitrogens with zero attached hydrogens (tertiary/aromatic N) is 4. The summed E-state index contributed by atoms with van der Waals surface area (Å²) < 4.78 is 0.823. The summed E-state index contributed by atoms with van der Waals surface area (Å²) in [6, 6.07) is 0. The topological polar surface area (TPSA) is 37.0 Å². The molecule has 0 aromatic carbocycles. The van der Waals surface area contributed by atoms with E-state index in [-0.39, 0.29) is 0 Å². The second-order valence-electron chi connectivity index (χ2n) is 3.91. The molecule has 2 rings (SSSR count). The van der Waals surface area contributed by atoms with Crippen molar-refractivity contribution in [1.82, 2.24) is 31.3 Å². The van der Waals surface area contributed by atoms with Gasteiger partial charge in [-0.25, -0.2) is 10.9 Å². The van der Waals surface area contributed by atoms with Crippen molar-refractivity contribution in [1.29, 1.82) is 0 Å². The highest BCUT2D eigenvalue weighted by Gasteiger charge is 2.32. The Morgan fingerprint density at radius 1 is 0.889 bits per heavy atom. The molecule has 2 fully saturated rings. The summed E-state index contributed by atoms with van der Waals surface area (Å²) in [6.45, 7) is 3.52. The van der Waals surface area contributed by atoms with Crippen LogP contribution in [0.1, 0.15) is 12.8 Å². The molecular weight excluding hydrogens is 308 g/mol. The molecule has 0 atom stereocenters. The average molecular weight is 325 g/mol. The Kier molecular flexibility index (Phi) is 5.45. The SMILES string of the molecule is S=C(S)N(N1CCCN1)N(C(=S)S)N1CCCN1. The molecule has 0 spiro atoms. The highest BCUT2D eigenvalue weighted by atomic mass is 32.1. The van der Waals surface area contributed by atoms with Crippen LogP contribution in [0.2, 0.25) is 0 Å². The molecule has 10 heteroatoms.